The third-order valence-electron chi connectivity index (χ3n) is 1.83. The first-order valence-electron chi connectivity index (χ1n) is 5.32. The molecule has 1 rings (SSSR count). The topological polar surface area (TPSA) is 50.1 Å². The van der Waals surface area contributed by atoms with Crippen LogP contribution in [0.25, 0.3) is 6.08 Å². The zero-order valence-electron chi connectivity index (χ0n) is 10.2. The molecule has 0 spiro atoms. The lowest BCUT2D eigenvalue weighted by molar-refractivity contribution is -0.148. The summed E-state index contributed by atoms with van der Waals surface area (Å²) in [7, 11) is 0. The third-order valence-corrected chi connectivity index (χ3v) is 1.83. The predicted octanol–water partition coefficient (Wildman–Crippen LogP) is 2.91. The monoisotopic (exact) mass is 229 g/mol. The SMILES string of the molecule is CC(C)(C)OC(=O)C=Cc1cccc(C#N)c1. The molecule has 0 unspecified atom stereocenters. The van der Waals surface area contributed by atoms with Gasteiger partial charge in [0.25, 0.3) is 0 Å². The average molecular weight is 229 g/mol. The van der Waals surface area contributed by atoms with Crippen molar-refractivity contribution in [3.63, 3.8) is 0 Å². The number of benzene rings is 1. The Balaban J connectivity index is 2.71. The molecule has 17 heavy (non-hydrogen) atoms. The van der Waals surface area contributed by atoms with Gasteiger partial charge in [0, 0.05) is 6.08 Å². The summed E-state index contributed by atoms with van der Waals surface area (Å²) in [5.41, 5.74) is 0.877. The van der Waals surface area contributed by atoms with E-state index in [1.165, 1.54) is 6.08 Å². The lowest BCUT2D eigenvalue weighted by atomic mass is 10.1. The van der Waals surface area contributed by atoms with Crippen molar-refractivity contribution in [1.82, 2.24) is 0 Å². The molecule has 88 valence electrons. The van der Waals surface area contributed by atoms with E-state index < -0.39 is 5.60 Å². The fourth-order valence-electron chi connectivity index (χ4n) is 1.21. The summed E-state index contributed by atoms with van der Waals surface area (Å²) < 4.78 is 5.13. The summed E-state index contributed by atoms with van der Waals surface area (Å²) in [6, 6.07) is 9.06. The van der Waals surface area contributed by atoms with Gasteiger partial charge in [0.2, 0.25) is 0 Å². The van der Waals surface area contributed by atoms with Crippen molar-refractivity contribution in [2.45, 2.75) is 26.4 Å². The quantitative estimate of drug-likeness (QED) is 0.578. The normalized spacial score (nSPS) is 11.2. The highest BCUT2D eigenvalue weighted by Crippen LogP contribution is 2.09. The first kappa shape index (κ1) is 13.0. The van der Waals surface area contributed by atoms with Crippen LogP contribution in [0.1, 0.15) is 31.9 Å². The maximum absolute atomic E-state index is 11.4. The van der Waals surface area contributed by atoms with Gasteiger partial charge in [-0.1, -0.05) is 12.1 Å². The van der Waals surface area contributed by atoms with Crippen LogP contribution in [0.2, 0.25) is 0 Å². The molecule has 0 aliphatic rings. The van der Waals surface area contributed by atoms with E-state index in [9.17, 15) is 4.79 Å². The molecule has 0 heterocycles. The molecule has 1 aromatic rings. The van der Waals surface area contributed by atoms with Crippen molar-refractivity contribution in [1.29, 1.82) is 5.26 Å². The van der Waals surface area contributed by atoms with Gasteiger partial charge >= 0.3 is 5.97 Å². The lowest BCUT2D eigenvalue weighted by Gasteiger charge is -2.17. The van der Waals surface area contributed by atoms with Crippen LogP contribution >= 0.6 is 0 Å². The molecule has 0 atom stereocenters. The van der Waals surface area contributed by atoms with Crippen LogP contribution in [0.3, 0.4) is 0 Å². The van der Waals surface area contributed by atoms with Gasteiger partial charge < -0.3 is 4.74 Å². The minimum absolute atomic E-state index is 0.389. The Morgan fingerprint density at radius 2 is 2.12 bits per heavy atom. The molecule has 0 bridgehead atoms. The largest absolute Gasteiger partial charge is 0.457 e. The van der Waals surface area contributed by atoms with Crippen molar-refractivity contribution < 1.29 is 9.53 Å². The Kier molecular flexibility index (Phi) is 4.06. The highest BCUT2D eigenvalue weighted by atomic mass is 16.6. The van der Waals surface area contributed by atoms with Crippen LogP contribution in [-0.2, 0) is 9.53 Å². The highest BCUT2D eigenvalue weighted by Gasteiger charge is 2.13. The molecule has 0 aliphatic heterocycles. The Morgan fingerprint density at radius 1 is 1.41 bits per heavy atom. The zero-order chi connectivity index (χ0) is 12.9. The number of hydrogen-bond acceptors (Lipinski definition) is 3. The first-order chi connectivity index (χ1) is 7.90. The second-order valence-corrected chi connectivity index (χ2v) is 4.60. The molecule has 0 amide bonds. The van der Waals surface area contributed by atoms with Crippen molar-refractivity contribution in [2.75, 3.05) is 0 Å². The van der Waals surface area contributed by atoms with Crippen molar-refractivity contribution in [3.8, 4) is 6.07 Å². The molecule has 0 fully saturated rings. The number of carbonyl (C=O) groups excluding carboxylic acids is 1. The molecule has 0 saturated heterocycles. The number of hydrogen-bond donors (Lipinski definition) is 0. The number of nitrogens with zero attached hydrogens (tertiary/aromatic N) is 1. The van der Waals surface area contributed by atoms with E-state index in [0.29, 0.717) is 5.56 Å². The minimum Gasteiger partial charge on any atom is -0.457 e. The highest BCUT2D eigenvalue weighted by molar-refractivity contribution is 5.87. The molecule has 0 saturated carbocycles. The lowest BCUT2D eigenvalue weighted by Crippen LogP contribution is -2.22. The smallest absolute Gasteiger partial charge is 0.331 e. The van der Waals surface area contributed by atoms with Crippen molar-refractivity contribution >= 4 is 12.0 Å². The van der Waals surface area contributed by atoms with Gasteiger partial charge in [0.05, 0.1) is 11.6 Å². The second-order valence-electron chi connectivity index (χ2n) is 4.60. The van der Waals surface area contributed by atoms with Crippen LogP contribution in [0.4, 0.5) is 0 Å². The number of rotatable bonds is 2. The summed E-state index contributed by atoms with van der Waals surface area (Å²) in [5.74, 6) is -0.389. The maximum Gasteiger partial charge on any atom is 0.331 e. The van der Waals surface area contributed by atoms with E-state index in [2.05, 4.69) is 0 Å². The number of ether oxygens (including phenoxy) is 1. The maximum atomic E-state index is 11.4. The third kappa shape index (κ3) is 4.98. The molecular weight excluding hydrogens is 214 g/mol. The van der Waals surface area contributed by atoms with Gasteiger partial charge in [0.15, 0.2) is 0 Å². The summed E-state index contributed by atoms with van der Waals surface area (Å²) in [6.45, 7) is 5.44. The molecule has 0 aliphatic carbocycles. The van der Waals surface area contributed by atoms with E-state index in [-0.39, 0.29) is 5.97 Å². The van der Waals surface area contributed by atoms with Gasteiger partial charge in [-0.05, 0) is 44.5 Å². The van der Waals surface area contributed by atoms with E-state index in [4.69, 9.17) is 10.00 Å². The molecule has 3 heteroatoms. The zero-order valence-corrected chi connectivity index (χ0v) is 10.2. The standard InChI is InChI=1S/C14H15NO2/c1-14(2,3)17-13(16)8-7-11-5-4-6-12(9-11)10-15/h4-9H,1-3H3. The number of nitriles is 1. The van der Waals surface area contributed by atoms with E-state index in [1.54, 1.807) is 24.3 Å². The second kappa shape index (κ2) is 5.31. The van der Waals surface area contributed by atoms with Gasteiger partial charge in [-0.25, -0.2) is 4.79 Å². The molecule has 0 aromatic heterocycles. The van der Waals surface area contributed by atoms with Gasteiger partial charge in [-0.3, -0.25) is 0 Å². The van der Waals surface area contributed by atoms with Gasteiger partial charge in [0.1, 0.15) is 5.60 Å². The summed E-state index contributed by atoms with van der Waals surface area (Å²) in [4.78, 5) is 11.4. The van der Waals surface area contributed by atoms with Gasteiger partial charge in [-0.2, -0.15) is 5.26 Å². The van der Waals surface area contributed by atoms with Crippen LogP contribution in [-0.4, -0.2) is 11.6 Å². The van der Waals surface area contributed by atoms with E-state index in [0.717, 1.165) is 5.56 Å². The summed E-state index contributed by atoms with van der Waals surface area (Å²) in [6.07, 6.45) is 3.00. The van der Waals surface area contributed by atoms with Crippen LogP contribution in [0.15, 0.2) is 30.3 Å². The predicted molar refractivity (Wildman–Crippen MR) is 66.0 cm³/mol. The van der Waals surface area contributed by atoms with Crippen molar-refractivity contribution in [3.05, 3.63) is 41.5 Å². The molecule has 3 nitrogen and oxygen atoms in total. The van der Waals surface area contributed by atoms with Crippen LogP contribution in [0, 0.1) is 11.3 Å². The fourth-order valence-corrected chi connectivity index (χ4v) is 1.21. The number of esters is 1. The number of carbonyl (C=O) groups is 1. The Labute approximate surface area is 101 Å². The molecular formula is C14H15NO2. The first-order valence-corrected chi connectivity index (χ1v) is 5.32. The van der Waals surface area contributed by atoms with Crippen molar-refractivity contribution in [2.24, 2.45) is 0 Å². The Morgan fingerprint density at radius 3 is 2.71 bits per heavy atom. The van der Waals surface area contributed by atoms with Gasteiger partial charge in [-0.15, -0.1) is 0 Å². The average Bonchev–Trinajstić information content (AvgIpc) is 2.24. The molecule has 0 radical (unpaired) electrons. The minimum atomic E-state index is -0.490. The fraction of sp³-hybridized carbons (Fsp3) is 0.286. The summed E-state index contributed by atoms with van der Waals surface area (Å²) >= 11 is 0. The molecule has 0 N–H and O–H groups in total. The molecule has 1 aromatic carbocycles. The Bertz CT molecular complexity index is 476. The van der Waals surface area contributed by atoms with Crippen LogP contribution in [0.5, 0.6) is 0 Å². The van der Waals surface area contributed by atoms with Crippen LogP contribution < -0.4 is 0 Å². The summed E-state index contributed by atoms with van der Waals surface area (Å²) in [5, 5.41) is 8.73. The van der Waals surface area contributed by atoms with E-state index in [1.807, 2.05) is 32.9 Å². The van der Waals surface area contributed by atoms with E-state index >= 15 is 0 Å². The Hall–Kier alpha value is -2.08.